The van der Waals surface area contributed by atoms with Crippen LogP contribution in [0.25, 0.3) is 0 Å². The molecule has 2 aromatic heterocycles. The summed E-state index contributed by atoms with van der Waals surface area (Å²) < 4.78 is 1.72. The Labute approximate surface area is 153 Å². The molecular weight excluding hydrogens is 372 g/mol. The molecule has 0 unspecified atom stereocenters. The summed E-state index contributed by atoms with van der Waals surface area (Å²) in [6.45, 7) is 6.16. The zero-order chi connectivity index (χ0) is 16.8. The summed E-state index contributed by atoms with van der Waals surface area (Å²) in [5.74, 6) is 1.47. The van der Waals surface area contributed by atoms with E-state index in [1.807, 2.05) is 6.92 Å². The van der Waals surface area contributed by atoms with E-state index in [1.165, 1.54) is 23.1 Å². The van der Waals surface area contributed by atoms with E-state index in [1.54, 1.807) is 30.1 Å². The maximum Gasteiger partial charge on any atom is 0.237 e. The van der Waals surface area contributed by atoms with Crippen LogP contribution in [0.1, 0.15) is 20.8 Å². The number of nitrogens with zero attached hydrogens (tertiary/aromatic N) is 3. The van der Waals surface area contributed by atoms with Crippen molar-refractivity contribution >= 4 is 58.1 Å². The minimum atomic E-state index is -0.304. The summed E-state index contributed by atoms with van der Waals surface area (Å²) in [5.41, 5.74) is 0.511. The fourth-order valence-electron chi connectivity index (χ4n) is 1.46. The Hall–Kier alpha value is -0.830. The van der Waals surface area contributed by atoms with E-state index in [2.05, 4.69) is 34.3 Å². The lowest BCUT2D eigenvalue weighted by atomic mass is 10.3. The summed E-state index contributed by atoms with van der Waals surface area (Å²) in [4.78, 5) is 16.2. The molecule has 1 amide bonds. The Balaban J connectivity index is 1.90. The smallest absolute Gasteiger partial charge is 0.237 e. The van der Waals surface area contributed by atoms with E-state index in [9.17, 15) is 4.79 Å². The zero-order valence-corrected chi connectivity index (χ0v) is 16.2. The van der Waals surface area contributed by atoms with Gasteiger partial charge in [-0.2, -0.15) is 0 Å². The van der Waals surface area contributed by atoms with Crippen LogP contribution in [0.4, 0.5) is 5.69 Å². The van der Waals surface area contributed by atoms with Crippen molar-refractivity contribution in [1.82, 2.24) is 15.2 Å². The molecule has 0 aliphatic rings. The van der Waals surface area contributed by atoms with Crippen molar-refractivity contribution in [1.29, 1.82) is 0 Å². The fraction of sp³-hybridized carbons (Fsp3) is 0.429. The highest BCUT2D eigenvalue weighted by Crippen LogP contribution is 2.32. The number of aromatic nitrogens is 3. The third-order valence-electron chi connectivity index (χ3n) is 2.59. The molecule has 0 spiro atoms. The molecule has 2 rings (SSSR count). The summed E-state index contributed by atoms with van der Waals surface area (Å²) >= 11 is 10.5. The van der Waals surface area contributed by atoms with Gasteiger partial charge in [0.1, 0.15) is 0 Å². The number of thioether (sulfide) groups is 2. The van der Waals surface area contributed by atoms with Gasteiger partial charge in [0.2, 0.25) is 5.91 Å². The molecule has 0 bridgehead atoms. The van der Waals surface area contributed by atoms with Crippen LogP contribution in [0.2, 0.25) is 5.15 Å². The number of nitrogens with one attached hydrogen (secondary N) is 1. The van der Waals surface area contributed by atoms with Gasteiger partial charge in [0.25, 0.3) is 0 Å². The molecule has 1 atom stereocenters. The van der Waals surface area contributed by atoms with Crippen LogP contribution >= 0.6 is 46.5 Å². The van der Waals surface area contributed by atoms with Crippen molar-refractivity contribution < 1.29 is 4.79 Å². The first kappa shape index (κ1) is 18.5. The van der Waals surface area contributed by atoms with Gasteiger partial charge in [-0.15, -0.1) is 10.2 Å². The number of hydrogen-bond donors (Lipinski definition) is 1. The number of halogens is 1. The van der Waals surface area contributed by atoms with Crippen molar-refractivity contribution in [3.8, 4) is 0 Å². The van der Waals surface area contributed by atoms with Crippen LogP contribution < -0.4 is 5.32 Å². The third kappa shape index (κ3) is 5.95. The number of carbonyl (C=O) groups excluding carboxylic acids is 1. The van der Waals surface area contributed by atoms with Crippen molar-refractivity contribution in [2.24, 2.45) is 5.92 Å². The molecule has 0 saturated heterocycles. The van der Waals surface area contributed by atoms with E-state index in [0.717, 1.165) is 14.4 Å². The van der Waals surface area contributed by atoms with Crippen LogP contribution in [0, 0.1) is 5.92 Å². The predicted octanol–water partition coefficient (Wildman–Crippen LogP) is 4.45. The van der Waals surface area contributed by atoms with E-state index in [-0.39, 0.29) is 16.3 Å². The number of pyridine rings is 1. The fourth-order valence-corrected chi connectivity index (χ4v) is 4.77. The Kier molecular flexibility index (Phi) is 7.13. The monoisotopic (exact) mass is 388 g/mol. The second kappa shape index (κ2) is 8.86. The molecule has 0 fully saturated rings. The minimum Gasteiger partial charge on any atom is -0.322 e. The lowest BCUT2D eigenvalue weighted by Crippen LogP contribution is -2.22. The summed E-state index contributed by atoms with van der Waals surface area (Å²) in [6, 6.07) is 3.44. The van der Waals surface area contributed by atoms with Crippen LogP contribution in [0.15, 0.2) is 27.0 Å². The molecule has 0 aliphatic heterocycles. The van der Waals surface area contributed by atoms with Gasteiger partial charge < -0.3 is 5.32 Å². The molecule has 9 heteroatoms. The average Bonchev–Trinajstić information content (AvgIpc) is 2.95. The van der Waals surface area contributed by atoms with Gasteiger partial charge in [-0.3, -0.25) is 4.79 Å². The van der Waals surface area contributed by atoms with E-state index in [4.69, 9.17) is 11.6 Å². The van der Waals surface area contributed by atoms with Gasteiger partial charge in [-0.05, 0) is 25.0 Å². The Morgan fingerprint density at radius 2 is 2.09 bits per heavy atom. The highest BCUT2D eigenvalue weighted by molar-refractivity contribution is 8.03. The molecule has 5 nitrogen and oxygen atoms in total. The standard InChI is InChI=1S/C14H17ClN4OS3/c1-8(2)7-21-13-18-19-14(23-13)22-9(3)12(20)17-10-5-4-6-16-11(10)15/h4-6,8-9H,7H2,1-3H3,(H,17,20)/t9-/m1/s1. The lowest BCUT2D eigenvalue weighted by molar-refractivity contribution is -0.115. The largest absolute Gasteiger partial charge is 0.322 e. The molecular formula is C14H17ClN4OS3. The first-order chi connectivity index (χ1) is 11.0. The molecule has 124 valence electrons. The van der Waals surface area contributed by atoms with Crippen molar-refractivity contribution in [2.75, 3.05) is 11.1 Å². The Morgan fingerprint density at radius 3 is 2.78 bits per heavy atom. The van der Waals surface area contributed by atoms with Crippen LogP contribution in [0.3, 0.4) is 0 Å². The molecule has 23 heavy (non-hydrogen) atoms. The van der Waals surface area contributed by atoms with Crippen LogP contribution in [-0.2, 0) is 4.79 Å². The number of carbonyl (C=O) groups is 1. The summed E-state index contributed by atoms with van der Waals surface area (Å²) in [7, 11) is 0. The number of anilines is 1. The quantitative estimate of drug-likeness (QED) is 0.558. The van der Waals surface area contributed by atoms with Gasteiger partial charge >= 0.3 is 0 Å². The summed E-state index contributed by atoms with van der Waals surface area (Å²) in [6.07, 6.45) is 1.58. The second-order valence-corrected chi connectivity index (χ2v) is 9.32. The van der Waals surface area contributed by atoms with E-state index in [0.29, 0.717) is 11.6 Å². The van der Waals surface area contributed by atoms with Crippen molar-refractivity contribution in [2.45, 2.75) is 34.7 Å². The average molecular weight is 389 g/mol. The van der Waals surface area contributed by atoms with Crippen LogP contribution in [-0.4, -0.2) is 32.1 Å². The third-order valence-corrected chi connectivity index (χ3v) is 6.56. The number of hydrogen-bond acceptors (Lipinski definition) is 7. The Morgan fingerprint density at radius 1 is 1.35 bits per heavy atom. The molecule has 0 saturated carbocycles. The van der Waals surface area contributed by atoms with E-state index >= 15 is 0 Å². The SMILES string of the molecule is CC(C)CSc1nnc(S[C@H](C)C(=O)Nc2cccnc2Cl)s1. The first-order valence-electron chi connectivity index (χ1n) is 7.00. The molecule has 1 N–H and O–H groups in total. The molecule has 2 heterocycles. The maximum absolute atomic E-state index is 12.2. The predicted molar refractivity (Wildman–Crippen MR) is 98.7 cm³/mol. The maximum atomic E-state index is 12.2. The molecule has 0 aromatic carbocycles. The van der Waals surface area contributed by atoms with Gasteiger partial charge in [-0.25, -0.2) is 4.98 Å². The molecule has 0 aliphatic carbocycles. The van der Waals surface area contributed by atoms with Gasteiger partial charge in [0, 0.05) is 11.9 Å². The minimum absolute atomic E-state index is 0.142. The van der Waals surface area contributed by atoms with Crippen LogP contribution in [0.5, 0.6) is 0 Å². The number of amides is 1. The molecule has 2 aromatic rings. The number of rotatable bonds is 7. The van der Waals surface area contributed by atoms with Gasteiger partial charge in [-0.1, -0.05) is 60.3 Å². The molecule has 0 radical (unpaired) electrons. The van der Waals surface area contributed by atoms with Crippen molar-refractivity contribution in [3.63, 3.8) is 0 Å². The highest BCUT2D eigenvalue weighted by atomic mass is 35.5. The Bertz CT molecular complexity index is 665. The topological polar surface area (TPSA) is 67.8 Å². The lowest BCUT2D eigenvalue weighted by Gasteiger charge is -2.10. The zero-order valence-electron chi connectivity index (χ0n) is 12.9. The van der Waals surface area contributed by atoms with Gasteiger partial charge in [0.05, 0.1) is 10.9 Å². The normalized spacial score (nSPS) is 12.4. The van der Waals surface area contributed by atoms with Crippen molar-refractivity contribution in [3.05, 3.63) is 23.5 Å². The highest BCUT2D eigenvalue weighted by Gasteiger charge is 2.18. The van der Waals surface area contributed by atoms with E-state index < -0.39 is 0 Å². The second-order valence-electron chi connectivity index (χ2n) is 5.13. The summed E-state index contributed by atoms with van der Waals surface area (Å²) in [5, 5.41) is 11.0. The first-order valence-corrected chi connectivity index (χ1v) is 10.1. The van der Waals surface area contributed by atoms with Gasteiger partial charge in [0.15, 0.2) is 13.8 Å².